The van der Waals surface area contributed by atoms with Crippen LogP contribution >= 0.6 is 11.5 Å². The average Bonchev–Trinajstić information content (AvgIpc) is 3.13. The van der Waals surface area contributed by atoms with Crippen LogP contribution in [-0.2, 0) is 25.8 Å². The first kappa shape index (κ1) is 14.1. The summed E-state index contributed by atoms with van der Waals surface area (Å²) in [6.07, 6.45) is 3.31. The lowest BCUT2D eigenvalue weighted by Gasteiger charge is -2.25. The van der Waals surface area contributed by atoms with E-state index in [1.54, 1.807) is 0 Å². The van der Waals surface area contributed by atoms with Crippen LogP contribution in [0.5, 0.6) is 0 Å². The van der Waals surface area contributed by atoms with E-state index in [0.717, 1.165) is 61.1 Å². The van der Waals surface area contributed by atoms with Gasteiger partial charge in [0.05, 0.1) is 5.69 Å². The Morgan fingerprint density at radius 3 is 2.95 bits per heavy atom. The summed E-state index contributed by atoms with van der Waals surface area (Å²) in [6, 6.07) is 0.109. The second-order valence-electron chi connectivity index (χ2n) is 5.11. The smallest absolute Gasteiger partial charge is 0.265 e. The molecule has 7 nitrogen and oxygen atoms in total. The molecule has 21 heavy (non-hydrogen) atoms. The van der Waals surface area contributed by atoms with E-state index in [-0.39, 0.29) is 11.9 Å². The number of amides is 1. The van der Waals surface area contributed by atoms with Gasteiger partial charge in [-0.15, -0.1) is 15.3 Å². The molecule has 0 radical (unpaired) electrons. The zero-order chi connectivity index (χ0) is 14.8. The molecule has 0 unspecified atom stereocenters. The van der Waals surface area contributed by atoms with Gasteiger partial charge in [-0.2, -0.15) is 0 Å². The van der Waals surface area contributed by atoms with Gasteiger partial charge in [-0.05, 0) is 24.4 Å². The van der Waals surface area contributed by atoms with Crippen molar-refractivity contribution in [2.45, 2.75) is 52.1 Å². The Hall–Kier alpha value is -1.83. The molecule has 3 heterocycles. The van der Waals surface area contributed by atoms with E-state index in [1.165, 1.54) is 0 Å². The van der Waals surface area contributed by atoms with Crippen LogP contribution in [0.1, 0.15) is 47.3 Å². The molecule has 1 atom stereocenters. The number of nitrogens with one attached hydrogen (secondary N) is 1. The molecule has 0 saturated heterocycles. The third-order valence-electron chi connectivity index (χ3n) is 3.77. The summed E-state index contributed by atoms with van der Waals surface area (Å²) in [5, 5.41) is 15.5. The molecule has 1 aliphatic rings. The molecule has 0 aliphatic carbocycles. The second kappa shape index (κ2) is 5.88. The highest BCUT2D eigenvalue weighted by atomic mass is 32.1. The summed E-state index contributed by atoms with van der Waals surface area (Å²) >= 11 is 1.16. The average molecular weight is 306 g/mol. The van der Waals surface area contributed by atoms with Gasteiger partial charge in [-0.3, -0.25) is 4.79 Å². The zero-order valence-corrected chi connectivity index (χ0v) is 13.0. The zero-order valence-electron chi connectivity index (χ0n) is 12.2. The molecule has 0 aromatic carbocycles. The fourth-order valence-corrected chi connectivity index (χ4v) is 3.28. The molecule has 3 rings (SSSR count). The Morgan fingerprint density at radius 1 is 1.33 bits per heavy atom. The highest BCUT2D eigenvalue weighted by Crippen LogP contribution is 2.17. The van der Waals surface area contributed by atoms with Crippen molar-refractivity contribution in [1.82, 2.24) is 29.7 Å². The van der Waals surface area contributed by atoms with E-state index in [1.807, 2.05) is 6.92 Å². The van der Waals surface area contributed by atoms with Crippen LogP contribution < -0.4 is 5.32 Å². The van der Waals surface area contributed by atoms with Crippen molar-refractivity contribution in [2.75, 3.05) is 0 Å². The fourth-order valence-electron chi connectivity index (χ4n) is 2.63. The molecule has 0 fully saturated rings. The predicted octanol–water partition coefficient (Wildman–Crippen LogP) is 0.999. The fraction of sp³-hybridized carbons (Fsp3) is 0.615. The Labute approximate surface area is 126 Å². The first-order valence-corrected chi connectivity index (χ1v) is 8.03. The van der Waals surface area contributed by atoms with Gasteiger partial charge in [-0.1, -0.05) is 18.3 Å². The van der Waals surface area contributed by atoms with Crippen LogP contribution in [0.25, 0.3) is 0 Å². The van der Waals surface area contributed by atoms with Gasteiger partial charge in [0.25, 0.3) is 5.91 Å². The summed E-state index contributed by atoms with van der Waals surface area (Å²) in [4.78, 5) is 13.0. The number of nitrogens with zero attached hydrogens (tertiary/aromatic N) is 5. The quantitative estimate of drug-likeness (QED) is 0.910. The maximum absolute atomic E-state index is 12.3. The maximum Gasteiger partial charge on any atom is 0.265 e. The van der Waals surface area contributed by atoms with E-state index in [4.69, 9.17) is 0 Å². The van der Waals surface area contributed by atoms with E-state index in [9.17, 15) is 4.79 Å². The molecule has 112 valence electrons. The van der Waals surface area contributed by atoms with Gasteiger partial charge in [0.15, 0.2) is 0 Å². The van der Waals surface area contributed by atoms with Crippen molar-refractivity contribution in [3.63, 3.8) is 0 Å². The number of carbonyl (C=O) groups is 1. The van der Waals surface area contributed by atoms with Crippen molar-refractivity contribution in [2.24, 2.45) is 0 Å². The molecular formula is C13H18N6OS. The minimum Gasteiger partial charge on any atom is -0.347 e. The number of aryl methyl sites for hydroxylation is 3. The van der Waals surface area contributed by atoms with Crippen LogP contribution in [0.2, 0.25) is 0 Å². The van der Waals surface area contributed by atoms with E-state index < -0.39 is 0 Å². The normalized spacial score (nSPS) is 17.5. The monoisotopic (exact) mass is 306 g/mol. The van der Waals surface area contributed by atoms with Crippen molar-refractivity contribution in [1.29, 1.82) is 0 Å². The molecule has 1 aliphatic heterocycles. The van der Waals surface area contributed by atoms with Crippen LogP contribution in [0.15, 0.2) is 0 Å². The molecule has 0 saturated carbocycles. The van der Waals surface area contributed by atoms with E-state index >= 15 is 0 Å². The topological polar surface area (TPSA) is 85.6 Å². The van der Waals surface area contributed by atoms with E-state index in [2.05, 4.69) is 36.6 Å². The van der Waals surface area contributed by atoms with Crippen molar-refractivity contribution < 1.29 is 4.79 Å². The summed E-state index contributed by atoms with van der Waals surface area (Å²) in [6.45, 7) is 4.78. The molecule has 0 spiro atoms. The van der Waals surface area contributed by atoms with Gasteiger partial charge in [-0.25, -0.2) is 0 Å². The molecule has 1 amide bonds. The number of aromatic nitrogens is 5. The Kier molecular flexibility index (Phi) is 3.96. The highest BCUT2D eigenvalue weighted by Gasteiger charge is 2.25. The minimum absolute atomic E-state index is 0.0681. The van der Waals surface area contributed by atoms with Crippen LogP contribution in [0.4, 0.5) is 0 Å². The maximum atomic E-state index is 12.3. The van der Waals surface area contributed by atoms with Gasteiger partial charge < -0.3 is 9.88 Å². The first-order valence-electron chi connectivity index (χ1n) is 7.26. The highest BCUT2D eigenvalue weighted by molar-refractivity contribution is 7.08. The van der Waals surface area contributed by atoms with Crippen LogP contribution in [0, 0.1) is 0 Å². The molecular weight excluding hydrogens is 288 g/mol. The number of fused-ring (bicyclic) bond motifs is 1. The first-order chi connectivity index (χ1) is 10.2. The number of hydrogen-bond donors (Lipinski definition) is 1. The number of rotatable bonds is 4. The van der Waals surface area contributed by atoms with Crippen molar-refractivity contribution in [3.8, 4) is 0 Å². The largest absolute Gasteiger partial charge is 0.347 e. The van der Waals surface area contributed by atoms with Crippen molar-refractivity contribution in [3.05, 3.63) is 22.2 Å². The van der Waals surface area contributed by atoms with Crippen molar-refractivity contribution >= 4 is 17.4 Å². The molecule has 2 aromatic rings. The van der Waals surface area contributed by atoms with Gasteiger partial charge >= 0.3 is 0 Å². The van der Waals surface area contributed by atoms with Gasteiger partial charge in [0, 0.05) is 25.4 Å². The van der Waals surface area contributed by atoms with Gasteiger partial charge in [0.2, 0.25) is 0 Å². The lowest BCUT2D eigenvalue weighted by molar-refractivity contribution is 0.0930. The Balaban J connectivity index is 1.71. The standard InChI is InChI=1S/C13H18N6OS/c1-3-9-12(21-18-15-9)13(20)14-8-5-6-11-17-16-10(4-2)19(11)7-8/h8H,3-7H2,1-2H3,(H,14,20)/t8-/m0/s1. The predicted molar refractivity (Wildman–Crippen MR) is 78.3 cm³/mol. The SMILES string of the molecule is CCc1nnsc1C(=O)N[C@H]1CCc2nnc(CC)n2C1. The lowest BCUT2D eigenvalue weighted by atomic mass is 10.1. The molecule has 0 bridgehead atoms. The summed E-state index contributed by atoms with van der Waals surface area (Å²) in [7, 11) is 0. The number of hydrogen-bond acceptors (Lipinski definition) is 6. The van der Waals surface area contributed by atoms with Crippen LogP contribution in [-0.4, -0.2) is 36.3 Å². The summed E-state index contributed by atoms with van der Waals surface area (Å²) in [5.41, 5.74) is 0.771. The molecule has 8 heteroatoms. The number of carbonyl (C=O) groups excluding carboxylic acids is 1. The van der Waals surface area contributed by atoms with E-state index in [0.29, 0.717) is 4.88 Å². The molecule has 1 N–H and O–H groups in total. The Morgan fingerprint density at radius 2 is 2.19 bits per heavy atom. The summed E-state index contributed by atoms with van der Waals surface area (Å²) < 4.78 is 5.99. The third kappa shape index (κ3) is 2.67. The third-order valence-corrected chi connectivity index (χ3v) is 4.54. The lowest BCUT2D eigenvalue weighted by Crippen LogP contribution is -2.41. The minimum atomic E-state index is -0.0681. The Bertz CT molecular complexity index is 635. The second-order valence-corrected chi connectivity index (χ2v) is 5.86. The van der Waals surface area contributed by atoms with Gasteiger partial charge in [0.1, 0.15) is 16.5 Å². The summed E-state index contributed by atoms with van der Waals surface area (Å²) in [5.74, 6) is 1.94. The molecule has 2 aromatic heterocycles. The van der Waals surface area contributed by atoms with Crippen LogP contribution in [0.3, 0.4) is 0 Å².